The molecule has 0 amide bonds. The lowest BCUT2D eigenvalue weighted by atomic mass is 9.85. The van der Waals surface area contributed by atoms with Crippen molar-refractivity contribution in [1.29, 1.82) is 0 Å². The summed E-state index contributed by atoms with van der Waals surface area (Å²) < 4.78 is 5.35. The van der Waals surface area contributed by atoms with Crippen LogP contribution in [0.4, 0.5) is 0 Å². The van der Waals surface area contributed by atoms with Crippen LogP contribution < -0.4 is 4.74 Å². The van der Waals surface area contributed by atoms with Gasteiger partial charge in [0.05, 0.1) is 12.2 Å². The van der Waals surface area contributed by atoms with Crippen molar-refractivity contribution in [3.63, 3.8) is 0 Å². The summed E-state index contributed by atoms with van der Waals surface area (Å²) in [5.74, 6) is 1.04. The first kappa shape index (κ1) is 12.1. The average molecular weight is 208 g/mol. The molecule has 0 aliphatic heterocycles. The van der Waals surface area contributed by atoms with E-state index in [4.69, 9.17) is 4.74 Å². The Morgan fingerprint density at radius 2 is 1.80 bits per heavy atom. The molecule has 0 aromatic heterocycles. The largest absolute Gasteiger partial charge is 0.494 e. The molecule has 0 aliphatic carbocycles. The first-order valence-electron chi connectivity index (χ1n) is 5.44. The van der Waals surface area contributed by atoms with Crippen molar-refractivity contribution in [1.82, 2.24) is 0 Å². The third kappa shape index (κ3) is 2.72. The standard InChI is InChI=1S/C13H20O2/c1-5-15-12-8-6-11(7-9-12)13(4,14)10(2)3/h6-10,14H,5H2,1-4H3/t13-/m0/s1. The van der Waals surface area contributed by atoms with E-state index in [-0.39, 0.29) is 5.92 Å². The Kier molecular flexibility index (Phi) is 3.75. The van der Waals surface area contributed by atoms with Gasteiger partial charge in [-0.25, -0.2) is 0 Å². The minimum atomic E-state index is -0.773. The molecule has 2 heteroatoms. The highest BCUT2D eigenvalue weighted by Crippen LogP contribution is 2.29. The summed E-state index contributed by atoms with van der Waals surface area (Å²) in [4.78, 5) is 0. The minimum Gasteiger partial charge on any atom is -0.494 e. The van der Waals surface area contributed by atoms with Crippen molar-refractivity contribution in [2.24, 2.45) is 5.92 Å². The molecular weight excluding hydrogens is 188 g/mol. The quantitative estimate of drug-likeness (QED) is 0.824. The Hall–Kier alpha value is -1.02. The van der Waals surface area contributed by atoms with Crippen LogP contribution in [0.3, 0.4) is 0 Å². The minimum absolute atomic E-state index is 0.190. The van der Waals surface area contributed by atoms with E-state index in [0.717, 1.165) is 11.3 Å². The van der Waals surface area contributed by atoms with Gasteiger partial charge >= 0.3 is 0 Å². The van der Waals surface area contributed by atoms with E-state index in [1.54, 1.807) is 0 Å². The number of aliphatic hydroxyl groups is 1. The maximum Gasteiger partial charge on any atom is 0.119 e. The van der Waals surface area contributed by atoms with E-state index in [1.165, 1.54) is 0 Å². The smallest absolute Gasteiger partial charge is 0.119 e. The second-order valence-electron chi connectivity index (χ2n) is 4.26. The molecule has 1 aromatic carbocycles. The van der Waals surface area contributed by atoms with Crippen LogP contribution in [-0.4, -0.2) is 11.7 Å². The first-order valence-corrected chi connectivity index (χ1v) is 5.44. The zero-order chi connectivity index (χ0) is 11.5. The van der Waals surface area contributed by atoms with Gasteiger partial charge in [0, 0.05) is 0 Å². The molecule has 1 aromatic rings. The highest BCUT2D eigenvalue weighted by molar-refractivity contribution is 5.30. The molecule has 1 atom stereocenters. The molecule has 0 saturated heterocycles. The van der Waals surface area contributed by atoms with Crippen molar-refractivity contribution in [2.45, 2.75) is 33.3 Å². The maximum absolute atomic E-state index is 10.2. The van der Waals surface area contributed by atoms with E-state index >= 15 is 0 Å². The van der Waals surface area contributed by atoms with Crippen molar-refractivity contribution in [2.75, 3.05) is 6.61 Å². The van der Waals surface area contributed by atoms with Gasteiger partial charge < -0.3 is 9.84 Å². The molecule has 2 nitrogen and oxygen atoms in total. The molecule has 0 aliphatic rings. The van der Waals surface area contributed by atoms with Crippen LogP contribution in [0, 0.1) is 5.92 Å². The Morgan fingerprint density at radius 3 is 2.20 bits per heavy atom. The Labute approximate surface area is 91.9 Å². The Morgan fingerprint density at radius 1 is 1.27 bits per heavy atom. The van der Waals surface area contributed by atoms with E-state index in [1.807, 2.05) is 52.0 Å². The van der Waals surface area contributed by atoms with Gasteiger partial charge in [-0.2, -0.15) is 0 Å². The van der Waals surface area contributed by atoms with Gasteiger partial charge in [-0.1, -0.05) is 26.0 Å². The summed E-state index contributed by atoms with van der Waals surface area (Å²) in [5.41, 5.74) is 0.158. The average Bonchev–Trinajstić information content (AvgIpc) is 2.19. The Balaban J connectivity index is 2.88. The summed E-state index contributed by atoms with van der Waals surface area (Å²) in [6, 6.07) is 7.64. The van der Waals surface area contributed by atoms with Crippen LogP contribution >= 0.6 is 0 Å². The molecular formula is C13H20O2. The van der Waals surface area contributed by atoms with E-state index in [0.29, 0.717) is 6.61 Å². The van der Waals surface area contributed by atoms with E-state index < -0.39 is 5.60 Å². The van der Waals surface area contributed by atoms with Crippen molar-refractivity contribution >= 4 is 0 Å². The molecule has 1 rings (SSSR count). The van der Waals surface area contributed by atoms with Crippen LogP contribution in [0.2, 0.25) is 0 Å². The fourth-order valence-electron chi connectivity index (χ4n) is 1.39. The summed E-state index contributed by atoms with van der Waals surface area (Å²) in [6.07, 6.45) is 0. The summed E-state index contributed by atoms with van der Waals surface area (Å²) in [7, 11) is 0. The molecule has 0 unspecified atom stereocenters. The summed E-state index contributed by atoms with van der Waals surface area (Å²) in [6.45, 7) is 8.48. The first-order chi connectivity index (χ1) is 6.98. The van der Waals surface area contributed by atoms with E-state index in [9.17, 15) is 5.11 Å². The van der Waals surface area contributed by atoms with Gasteiger partial charge in [0.15, 0.2) is 0 Å². The van der Waals surface area contributed by atoms with Gasteiger partial charge in [-0.05, 0) is 37.5 Å². The predicted molar refractivity (Wildman–Crippen MR) is 62.0 cm³/mol. The van der Waals surface area contributed by atoms with Crippen LogP contribution in [0.15, 0.2) is 24.3 Å². The topological polar surface area (TPSA) is 29.5 Å². The molecule has 0 heterocycles. The van der Waals surface area contributed by atoms with Gasteiger partial charge in [0.25, 0.3) is 0 Å². The van der Waals surface area contributed by atoms with Crippen LogP contribution in [-0.2, 0) is 5.60 Å². The normalized spacial score (nSPS) is 15.1. The molecule has 84 valence electrons. The second-order valence-corrected chi connectivity index (χ2v) is 4.26. The van der Waals surface area contributed by atoms with Crippen molar-refractivity contribution < 1.29 is 9.84 Å². The van der Waals surface area contributed by atoms with Crippen LogP contribution in [0.25, 0.3) is 0 Å². The number of hydrogen-bond donors (Lipinski definition) is 1. The molecule has 0 saturated carbocycles. The molecule has 15 heavy (non-hydrogen) atoms. The fourth-order valence-corrected chi connectivity index (χ4v) is 1.39. The van der Waals surface area contributed by atoms with Crippen molar-refractivity contribution in [3.8, 4) is 5.75 Å². The molecule has 0 radical (unpaired) electrons. The highest BCUT2D eigenvalue weighted by atomic mass is 16.5. The SMILES string of the molecule is CCOc1ccc([C@@](C)(O)C(C)C)cc1. The monoisotopic (exact) mass is 208 g/mol. The van der Waals surface area contributed by atoms with Gasteiger partial charge in [-0.3, -0.25) is 0 Å². The summed E-state index contributed by atoms with van der Waals surface area (Å²) >= 11 is 0. The number of ether oxygens (including phenoxy) is 1. The fraction of sp³-hybridized carbons (Fsp3) is 0.538. The van der Waals surface area contributed by atoms with E-state index in [2.05, 4.69) is 0 Å². The zero-order valence-electron chi connectivity index (χ0n) is 9.95. The van der Waals surface area contributed by atoms with Crippen LogP contribution in [0.5, 0.6) is 5.75 Å². The number of hydrogen-bond acceptors (Lipinski definition) is 2. The predicted octanol–water partition coefficient (Wildman–Crippen LogP) is 2.95. The molecule has 0 fully saturated rings. The van der Waals surface area contributed by atoms with Crippen molar-refractivity contribution in [3.05, 3.63) is 29.8 Å². The number of rotatable bonds is 4. The lowest BCUT2D eigenvalue weighted by Gasteiger charge is -2.28. The third-order valence-corrected chi connectivity index (χ3v) is 2.87. The van der Waals surface area contributed by atoms with Gasteiger partial charge in [0.1, 0.15) is 5.75 Å². The zero-order valence-corrected chi connectivity index (χ0v) is 9.95. The highest BCUT2D eigenvalue weighted by Gasteiger charge is 2.26. The Bertz CT molecular complexity index is 299. The van der Waals surface area contributed by atoms with Gasteiger partial charge in [-0.15, -0.1) is 0 Å². The maximum atomic E-state index is 10.2. The molecule has 0 spiro atoms. The van der Waals surface area contributed by atoms with Gasteiger partial charge in [0.2, 0.25) is 0 Å². The third-order valence-electron chi connectivity index (χ3n) is 2.87. The lowest BCUT2D eigenvalue weighted by molar-refractivity contribution is 0.00901. The van der Waals surface area contributed by atoms with Crippen LogP contribution in [0.1, 0.15) is 33.3 Å². The molecule has 1 N–H and O–H groups in total. The lowest BCUT2D eigenvalue weighted by Crippen LogP contribution is -2.27. The number of benzene rings is 1. The second kappa shape index (κ2) is 4.67. The molecule has 0 bridgehead atoms. The summed E-state index contributed by atoms with van der Waals surface area (Å²) in [5, 5.41) is 10.2.